The van der Waals surface area contributed by atoms with E-state index in [2.05, 4.69) is 15.4 Å². The van der Waals surface area contributed by atoms with Crippen molar-refractivity contribution in [1.82, 2.24) is 20.1 Å². The summed E-state index contributed by atoms with van der Waals surface area (Å²) in [5.41, 5.74) is 3.15. The van der Waals surface area contributed by atoms with Gasteiger partial charge < -0.3 is 14.5 Å². The average molecular weight is 304 g/mol. The zero-order chi connectivity index (χ0) is 15.9. The predicted octanol–water partition coefficient (Wildman–Crippen LogP) is 1.67. The number of aryl methyl sites for hydroxylation is 2. The van der Waals surface area contributed by atoms with Crippen molar-refractivity contribution in [2.45, 2.75) is 45.9 Å². The van der Waals surface area contributed by atoms with Crippen LogP contribution in [0.25, 0.3) is 0 Å². The monoisotopic (exact) mass is 304 g/mol. The van der Waals surface area contributed by atoms with E-state index in [9.17, 15) is 4.79 Å². The van der Waals surface area contributed by atoms with Gasteiger partial charge in [0, 0.05) is 19.0 Å². The van der Waals surface area contributed by atoms with Crippen LogP contribution in [0.3, 0.4) is 0 Å². The Labute approximate surface area is 128 Å². The minimum absolute atomic E-state index is 0.0797. The fraction of sp³-hybridized carbons (Fsp3) is 0.533. The van der Waals surface area contributed by atoms with E-state index in [-0.39, 0.29) is 18.1 Å². The summed E-state index contributed by atoms with van der Waals surface area (Å²) in [5.74, 6) is 0.558. The Kier molecular flexibility index (Phi) is 3.74. The number of rotatable bonds is 3. The van der Waals surface area contributed by atoms with Crippen molar-refractivity contribution in [3.8, 4) is 0 Å². The first-order chi connectivity index (χ1) is 10.5. The molecule has 0 radical (unpaired) electrons. The lowest BCUT2D eigenvalue weighted by Gasteiger charge is -2.24. The number of carbonyl (C=O) groups excluding carboxylic acids is 1. The first-order valence-corrected chi connectivity index (χ1v) is 7.35. The molecule has 2 aromatic heterocycles. The number of oxazole rings is 1. The maximum Gasteiger partial charge on any atom is 0.270 e. The molecule has 0 unspecified atom stereocenters. The van der Waals surface area contributed by atoms with Crippen molar-refractivity contribution < 1.29 is 13.9 Å². The molecule has 0 saturated heterocycles. The van der Waals surface area contributed by atoms with Crippen LogP contribution in [0.2, 0.25) is 0 Å². The van der Waals surface area contributed by atoms with E-state index in [0.717, 1.165) is 17.0 Å². The van der Waals surface area contributed by atoms with E-state index in [0.29, 0.717) is 24.4 Å². The largest absolute Gasteiger partial charge is 0.448 e. The summed E-state index contributed by atoms with van der Waals surface area (Å²) in [6.45, 7) is 6.12. The molecule has 0 spiro atoms. The zero-order valence-electron chi connectivity index (χ0n) is 13.2. The van der Waals surface area contributed by atoms with E-state index in [1.54, 1.807) is 11.7 Å². The molecule has 0 aliphatic carbocycles. The molecule has 7 heteroatoms. The van der Waals surface area contributed by atoms with Crippen molar-refractivity contribution in [3.63, 3.8) is 0 Å². The highest BCUT2D eigenvalue weighted by Gasteiger charge is 2.31. The molecule has 0 fully saturated rings. The number of ether oxygens (including phenoxy) is 1. The lowest BCUT2D eigenvalue weighted by atomic mass is 9.99. The van der Waals surface area contributed by atoms with Crippen molar-refractivity contribution in [1.29, 1.82) is 0 Å². The van der Waals surface area contributed by atoms with Gasteiger partial charge in [0.1, 0.15) is 17.1 Å². The van der Waals surface area contributed by atoms with E-state index in [4.69, 9.17) is 9.15 Å². The molecule has 0 bridgehead atoms. The van der Waals surface area contributed by atoms with Crippen LogP contribution in [-0.2, 0) is 24.8 Å². The van der Waals surface area contributed by atoms with Gasteiger partial charge in [-0.05, 0) is 20.8 Å². The summed E-state index contributed by atoms with van der Waals surface area (Å²) >= 11 is 0. The zero-order valence-corrected chi connectivity index (χ0v) is 13.2. The van der Waals surface area contributed by atoms with Crippen LogP contribution < -0.4 is 5.32 Å². The third-order valence-electron chi connectivity index (χ3n) is 3.97. The Balaban J connectivity index is 1.82. The molecule has 1 aliphatic heterocycles. The van der Waals surface area contributed by atoms with Gasteiger partial charge in [-0.15, -0.1) is 0 Å². The Bertz CT molecular complexity index is 704. The molecule has 1 N–H and O–H groups in total. The predicted molar refractivity (Wildman–Crippen MR) is 78.3 cm³/mol. The smallest absolute Gasteiger partial charge is 0.270 e. The number of nitrogens with zero attached hydrogens (tertiary/aromatic N) is 3. The van der Waals surface area contributed by atoms with E-state index < -0.39 is 0 Å². The van der Waals surface area contributed by atoms with Gasteiger partial charge in [0.2, 0.25) is 0 Å². The van der Waals surface area contributed by atoms with Gasteiger partial charge in [-0.1, -0.05) is 0 Å². The normalized spacial score (nSPS) is 20.7. The van der Waals surface area contributed by atoms with Crippen LogP contribution in [-0.4, -0.2) is 26.8 Å². The lowest BCUT2D eigenvalue weighted by Crippen LogP contribution is -2.28. The molecule has 0 saturated carbocycles. The number of hydrogen-bond donors (Lipinski definition) is 1. The quantitative estimate of drug-likeness (QED) is 0.932. The van der Waals surface area contributed by atoms with Crippen molar-refractivity contribution in [3.05, 3.63) is 34.8 Å². The van der Waals surface area contributed by atoms with Gasteiger partial charge in [0.25, 0.3) is 5.91 Å². The third kappa shape index (κ3) is 2.52. The van der Waals surface area contributed by atoms with Crippen LogP contribution in [0.4, 0.5) is 0 Å². The first-order valence-electron chi connectivity index (χ1n) is 7.35. The fourth-order valence-electron chi connectivity index (χ4n) is 2.89. The van der Waals surface area contributed by atoms with Gasteiger partial charge in [0.05, 0.1) is 24.4 Å². The molecular formula is C15H20N4O3. The molecule has 3 rings (SSSR count). The van der Waals surface area contributed by atoms with Gasteiger partial charge in [-0.25, -0.2) is 4.98 Å². The summed E-state index contributed by atoms with van der Waals surface area (Å²) in [6, 6.07) is 0. The summed E-state index contributed by atoms with van der Waals surface area (Å²) < 4.78 is 12.5. The number of aromatic nitrogens is 3. The number of nitrogens with one attached hydrogen (secondary N) is 1. The van der Waals surface area contributed by atoms with E-state index in [1.165, 1.54) is 6.39 Å². The lowest BCUT2D eigenvalue weighted by molar-refractivity contribution is -0.00710. The van der Waals surface area contributed by atoms with Crippen molar-refractivity contribution in [2.24, 2.45) is 7.05 Å². The second-order valence-electron chi connectivity index (χ2n) is 5.67. The van der Waals surface area contributed by atoms with Crippen molar-refractivity contribution >= 4 is 5.91 Å². The summed E-state index contributed by atoms with van der Waals surface area (Å²) in [5, 5.41) is 7.33. The first kappa shape index (κ1) is 14.8. The Hall–Kier alpha value is -2.15. The van der Waals surface area contributed by atoms with Crippen LogP contribution in [0.5, 0.6) is 0 Å². The maximum atomic E-state index is 12.5. The fourth-order valence-corrected chi connectivity index (χ4v) is 2.89. The molecule has 0 aromatic carbocycles. The maximum absolute atomic E-state index is 12.5. The van der Waals surface area contributed by atoms with Crippen LogP contribution >= 0.6 is 0 Å². The number of hydrogen-bond acceptors (Lipinski definition) is 5. The second-order valence-corrected chi connectivity index (χ2v) is 5.67. The molecule has 3 heterocycles. The van der Waals surface area contributed by atoms with Gasteiger partial charge in [-0.3, -0.25) is 9.48 Å². The molecule has 7 nitrogen and oxygen atoms in total. The Morgan fingerprint density at radius 3 is 2.95 bits per heavy atom. The van der Waals surface area contributed by atoms with Crippen LogP contribution in [0.15, 0.2) is 10.8 Å². The average Bonchev–Trinajstić information content (AvgIpc) is 2.99. The van der Waals surface area contributed by atoms with Crippen molar-refractivity contribution in [2.75, 3.05) is 0 Å². The molecule has 22 heavy (non-hydrogen) atoms. The van der Waals surface area contributed by atoms with Gasteiger partial charge in [0.15, 0.2) is 6.39 Å². The highest BCUT2D eigenvalue weighted by atomic mass is 16.5. The van der Waals surface area contributed by atoms with Gasteiger partial charge in [-0.2, -0.15) is 5.10 Å². The Morgan fingerprint density at radius 1 is 1.50 bits per heavy atom. The third-order valence-corrected chi connectivity index (χ3v) is 3.97. The number of fused-ring (bicyclic) bond motifs is 1. The summed E-state index contributed by atoms with van der Waals surface area (Å²) in [6.07, 6.45) is 2.06. The number of carbonyl (C=O) groups is 1. The van der Waals surface area contributed by atoms with Crippen LogP contribution in [0.1, 0.15) is 53.2 Å². The van der Waals surface area contributed by atoms with E-state index in [1.807, 2.05) is 20.8 Å². The van der Waals surface area contributed by atoms with Crippen LogP contribution in [0, 0.1) is 6.92 Å². The summed E-state index contributed by atoms with van der Waals surface area (Å²) in [4.78, 5) is 16.6. The topological polar surface area (TPSA) is 82.2 Å². The molecule has 1 amide bonds. The highest BCUT2D eigenvalue weighted by molar-refractivity contribution is 5.94. The minimum atomic E-state index is -0.153. The van der Waals surface area contributed by atoms with E-state index >= 15 is 0 Å². The molecular weight excluding hydrogens is 284 g/mol. The molecule has 2 atom stereocenters. The molecule has 118 valence electrons. The SMILES string of the molecule is Cc1ocnc1CNC(=O)c1c2c(nn1C)[C@H](C)O[C@H](C)C2. The molecule has 2 aromatic rings. The van der Waals surface area contributed by atoms with Gasteiger partial charge >= 0.3 is 0 Å². The second kappa shape index (κ2) is 5.57. The Morgan fingerprint density at radius 2 is 2.27 bits per heavy atom. The number of amides is 1. The minimum Gasteiger partial charge on any atom is -0.448 e. The summed E-state index contributed by atoms with van der Waals surface area (Å²) in [7, 11) is 1.78. The molecule has 1 aliphatic rings. The highest BCUT2D eigenvalue weighted by Crippen LogP contribution is 2.31. The standard InChI is InChI=1S/C15H20N4O3/c1-8-5-11-13(10(3)22-8)18-19(4)14(11)15(20)16-6-12-9(2)21-7-17-12/h7-8,10H,5-6H2,1-4H3,(H,16,20)/t8-,10+/m1/s1.